The Labute approximate surface area is 366 Å². The van der Waals surface area contributed by atoms with Gasteiger partial charge in [0.1, 0.15) is 5.58 Å². The van der Waals surface area contributed by atoms with Gasteiger partial charge in [0.25, 0.3) is 0 Å². The van der Waals surface area contributed by atoms with E-state index >= 15 is 0 Å². The predicted octanol–water partition coefficient (Wildman–Crippen LogP) is 13.8. The van der Waals surface area contributed by atoms with Crippen molar-refractivity contribution in [2.24, 2.45) is 0 Å². The van der Waals surface area contributed by atoms with Gasteiger partial charge in [-0.05, 0) is 74.7 Å². The molecular formula is C53H47IrN3OSi-2. The molecule has 7 aromatic carbocycles. The number of hydrogen-bond donors (Lipinski definition) is 0. The van der Waals surface area contributed by atoms with Crippen molar-refractivity contribution in [2.75, 3.05) is 0 Å². The Kier molecular flexibility index (Phi) is 9.48. The summed E-state index contributed by atoms with van der Waals surface area (Å²) in [5, 5.41) is 8.32. The first-order chi connectivity index (χ1) is 29.5. The zero-order valence-corrected chi connectivity index (χ0v) is 37.7. The fraction of sp³-hybridized carbons (Fsp3) is 0.170. The predicted molar refractivity (Wildman–Crippen MR) is 247 cm³/mol. The van der Waals surface area contributed by atoms with Crippen LogP contribution in [0.15, 0.2) is 138 Å². The van der Waals surface area contributed by atoms with Crippen LogP contribution < -0.4 is 5.19 Å². The van der Waals surface area contributed by atoms with E-state index in [1.807, 2.05) is 38.2 Å². The van der Waals surface area contributed by atoms with Crippen LogP contribution in [0.3, 0.4) is 0 Å². The quantitative estimate of drug-likeness (QED) is 0.0981. The number of furan rings is 1. The molecule has 0 saturated heterocycles. The van der Waals surface area contributed by atoms with E-state index in [-0.39, 0.29) is 25.7 Å². The topological polar surface area (TPSA) is 43.9 Å². The van der Waals surface area contributed by atoms with Crippen LogP contribution in [0.1, 0.15) is 47.5 Å². The van der Waals surface area contributed by atoms with Crippen molar-refractivity contribution in [3.63, 3.8) is 0 Å². The molecule has 4 nitrogen and oxygen atoms in total. The Morgan fingerprint density at radius 1 is 0.797 bits per heavy atom. The SMILES string of the molecule is Cc1[c-]c(-c2nc3ccccc3n2-c2ccccc2)c2oc3cc4c(ccc5ccccc54)cc3c2c1C.[2H]C([2H])([2H])c1c[c-]c(-c2cc(C([2H])(C)C)c([Si](C)(C)C)cn2)cc1.[Ir]. The monoisotopic (exact) mass is 966 g/mol. The Morgan fingerprint density at radius 3 is 2.29 bits per heavy atom. The second-order valence-corrected chi connectivity index (χ2v) is 21.4. The van der Waals surface area contributed by atoms with Crippen LogP contribution in [0.4, 0.5) is 0 Å². The minimum atomic E-state index is -2.13. The first-order valence-corrected chi connectivity index (χ1v) is 23.2. The molecule has 0 fully saturated rings. The van der Waals surface area contributed by atoms with Crippen molar-refractivity contribution >= 4 is 67.8 Å². The fourth-order valence-corrected chi connectivity index (χ4v) is 9.64. The molecule has 0 spiro atoms. The average Bonchev–Trinajstić information content (AvgIpc) is 3.82. The summed E-state index contributed by atoms with van der Waals surface area (Å²) in [6.07, 6.45) is 1.89. The van der Waals surface area contributed by atoms with Gasteiger partial charge in [-0.15, -0.1) is 52.6 Å². The molecule has 0 bridgehead atoms. The number of nitrogens with zero attached hydrogens (tertiary/aromatic N) is 3. The number of aryl methyl sites for hydroxylation is 3. The Balaban J connectivity index is 0.000000190. The molecule has 59 heavy (non-hydrogen) atoms. The first-order valence-electron chi connectivity index (χ1n) is 21.7. The van der Waals surface area contributed by atoms with Crippen LogP contribution in [0.5, 0.6) is 0 Å². The summed E-state index contributed by atoms with van der Waals surface area (Å²) in [6.45, 7) is 12.7. The number of aromatic nitrogens is 3. The van der Waals surface area contributed by atoms with E-state index in [2.05, 4.69) is 146 Å². The molecule has 0 N–H and O–H groups in total. The van der Waals surface area contributed by atoms with E-state index in [1.54, 1.807) is 12.1 Å². The van der Waals surface area contributed by atoms with Crippen LogP contribution in [0.25, 0.3) is 82.8 Å². The molecule has 3 heterocycles. The second-order valence-electron chi connectivity index (χ2n) is 16.4. The fourth-order valence-electron chi connectivity index (χ4n) is 8.06. The van der Waals surface area contributed by atoms with Crippen LogP contribution >= 0.6 is 0 Å². The molecule has 10 rings (SSSR count). The third kappa shape index (κ3) is 7.35. The molecule has 295 valence electrons. The molecule has 1 radical (unpaired) electrons. The Hall–Kier alpha value is -5.65. The van der Waals surface area contributed by atoms with E-state index in [0.717, 1.165) is 72.4 Å². The zero-order chi connectivity index (χ0) is 43.7. The molecule has 0 aliphatic heterocycles. The van der Waals surface area contributed by atoms with Crippen LogP contribution in [0.2, 0.25) is 19.6 Å². The molecular weight excluding hydrogens is 915 g/mol. The zero-order valence-electron chi connectivity index (χ0n) is 38.3. The summed E-state index contributed by atoms with van der Waals surface area (Å²) in [7, 11) is -1.61. The van der Waals surface area contributed by atoms with Crippen molar-refractivity contribution in [1.82, 2.24) is 14.5 Å². The third-order valence-electron chi connectivity index (χ3n) is 11.2. The summed E-state index contributed by atoms with van der Waals surface area (Å²) in [4.78, 5) is 9.68. The van der Waals surface area contributed by atoms with E-state index in [0.29, 0.717) is 0 Å². The summed E-state index contributed by atoms with van der Waals surface area (Å²) < 4.78 is 39.7. The molecule has 0 aliphatic carbocycles. The third-order valence-corrected chi connectivity index (χ3v) is 13.2. The Morgan fingerprint density at radius 2 is 1.54 bits per heavy atom. The normalized spacial score (nSPS) is 13.1. The summed E-state index contributed by atoms with van der Waals surface area (Å²) in [5.41, 5.74) is 10.7. The largest absolute Gasteiger partial charge is 0.501 e. The van der Waals surface area contributed by atoms with Gasteiger partial charge in [-0.25, -0.2) is 0 Å². The number of rotatable bonds is 5. The van der Waals surface area contributed by atoms with E-state index in [9.17, 15) is 0 Å². The van der Waals surface area contributed by atoms with Crippen LogP contribution in [-0.4, -0.2) is 22.6 Å². The molecule has 0 atom stereocenters. The van der Waals surface area contributed by atoms with Crippen molar-refractivity contribution in [1.29, 1.82) is 0 Å². The number of imidazole rings is 1. The number of para-hydroxylation sites is 3. The first kappa shape index (κ1) is 35.3. The number of hydrogen-bond acceptors (Lipinski definition) is 3. The molecule has 3 aromatic heterocycles. The maximum absolute atomic E-state index is 8.48. The van der Waals surface area contributed by atoms with Gasteiger partial charge in [0.2, 0.25) is 0 Å². The van der Waals surface area contributed by atoms with Crippen molar-refractivity contribution in [3.8, 4) is 28.3 Å². The second kappa shape index (κ2) is 15.8. The summed E-state index contributed by atoms with van der Waals surface area (Å²) in [6, 6.07) is 49.6. The van der Waals surface area contributed by atoms with E-state index in [1.165, 1.54) is 38.4 Å². The van der Waals surface area contributed by atoms with Crippen molar-refractivity contribution < 1.29 is 30.0 Å². The van der Waals surface area contributed by atoms with Gasteiger partial charge in [-0.3, -0.25) is 4.98 Å². The molecule has 0 aliphatic rings. The van der Waals surface area contributed by atoms with Gasteiger partial charge in [-0.2, -0.15) is 0 Å². The average molecular weight is 966 g/mol. The molecule has 10 aromatic rings. The molecule has 6 heteroatoms. The maximum Gasteiger partial charge on any atom is 0.121 e. The van der Waals surface area contributed by atoms with Gasteiger partial charge in [-0.1, -0.05) is 143 Å². The van der Waals surface area contributed by atoms with Gasteiger partial charge >= 0.3 is 0 Å². The van der Waals surface area contributed by atoms with Crippen LogP contribution in [0, 0.1) is 32.8 Å². The van der Waals surface area contributed by atoms with Gasteiger partial charge in [0.05, 0.1) is 30.5 Å². The summed E-state index contributed by atoms with van der Waals surface area (Å²) in [5.74, 6) is 0.117. The van der Waals surface area contributed by atoms with E-state index < -0.39 is 20.8 Å². The van der Waals surface area contributed by atoms with Crippen molar-refractivity contribution in [2.45, 2.75) is 60.1 Å². The van der Waals surface area contributed by atoms with Crippen LogP contribution in [-0.2, 0) is 20.1 Å². The van der Waals surface area contributed by atoms with Gasteiger partial charge < -0.3 is 14.0 Å². The standard InChI is InChI=1S/C35H23N2O.C18H24NSi.Ir/c1-21-18-29(35-36-30-14-8-9-15-31(30)37(35)25-11-4-3-5-12-25)34-33(22(21)2)28-19-24-17-16-23-10-6-7-13-26(23)27(24)20-32(28)38-34;1-13(2)16-11-17(15-9-7-14(3)8-10-15)19-12-18(16)20(4,5)6;/h3-17,19-20H,1-2H3;7-9,11-13H,1-6H3;/q2*-1;/i;3D3,13D;. The smallest absolute Gasteiger partial charge is 0.121 e. The van der Waals surface area contributed by atoms with Crippen molar-refractivity contribution in [3.05, 3.63) is 168 Å². The Bertz CT molecular complexity index is 3330. The molecule has 0 amide bonds. The van der Waals surface area contributed by atoms with Gasteiger partial charge in [0.15, 0.2) is 0 Å². The minimum absolute atomic E-state index is 0. The van der Waals surface area contributed by atoms with E-state index in [4.69, 9.17) is 14.9 Å². The number of fused-ring (bicyclic) bond motifs is 7. The number of benzene rings is 7. The molecule has 0 saturated carbocycles. The van der Waals surface area contributed by atoms with Gasteiger partial charge in [0, 0.05) is 42.9 Å². The maximum atomic E-state index is 8.48. The summed E-state index contributed by atoms with van der Waals surface area (Å²) >= 11 is 0. The minimum Gasteiger partial charge on any atom is -0.501 e. The number of pyridine rings is 1. The molecule has 0 unspecified atom stereocenters.